The van der Waals surface area contributed by atoms with Crippen molar-refractivity contribution in [1.82, 2.24) is 9.13 Å². The smallest absolute Gasteiger partial charge is 0.305 e. The van der Waals surface area contributed by atoms with Crippen molar-refractivity contribution in [3.05, 3.63) is 98.8 Å². The molecule has 0 aliphatic carbocycles. The molecule has 0 bridgehead atoms. The molecule has 116 valence electrons. The fourth-order valence-corrected chi connectivity index (χ4v) is 2.22. The quantitative estimate of drug-likeness (QED) is 0.697. The molecule has 1 heterocycles. The second kappa shape index (κ2) is 6.00. The van der Waals surface area contributed by atoms with Crippen LogP contribution in [0.25, 0.3) is 5.69 Å². The molecule has 23 heavy (non-hydrogen) atoms. The zero-order valence-electron chi connectivity index (χ0n) is 11.9. The van der Waals surface area contributed by atoms with Gasteiger partial charge in [0.2, 0.25) is 0 Å². The molecular weight excluding hydrogens is 302 g/mol. The maximum absolute atomic E-state index is 12.9. The highest BCUT2D eigenvalue weighted by Gasteiger charge is 2.07. The lowest BCUT2D eigenvalue weighted by Gasteiger charge is -2.09. The van der Waals surface area contributed by atoms with Gasteiger partial charge in [0, 0.05) is 18.1 Å². The molecule has 0 aliphatic rings. The van der Waals surface area contributed by atoms with Crippen molar-refractivity contribution in [3.8, 4) is 5.69 Å². The Kier molecular flexibility index (Phi) is 3.89. The molecule has 0 N–H and O–H groups in total. The summed E-state index contributed by atoms with van der Waals surface area (Å²) in [4.78, 5) is 24.4. The summed E-state index contributed by atoms with van der Waals surface area (Å²) in [6.45, 7) is 0.165. The van der Waals surface area contributed by atoms with Crippen LogP contribution in [0, 0.1) is 11.6 Å². The van der Waals surface area contributed by atoms with Crippen LogP contribution in [-0.4, -0.2) is 9.13 Å². The molecule has 4 nitrogen and oxygen atoms in total. The van der Waals surface area contributed by atoms with E-state index in [0.717, 1.165) is 4.57 Å². The van der Waals surface area contributed by atoms with Crippen LogP contribution in [0.15, 0.2) is 70.5 Å². The first-order valence-corrected chi connectivity index (χ1v) is 6.87. The normalized spacial score (nSPS) is 10.7. The molecule has 2 aromatic carbocycles. The van der Waals surface area contributed by atoms with Gasteiger partial charge in [-0.3, -0.25) is 14.2 Å². The van der Waals surface area contributed by atoms with E-state index in [1.54, 1.807) is 12.1 Å². The minimum Gasteiger partial charge on any atom is -0.305 e. The molecule has 6 heteroatoms. The second-order valence-corrected chi connectivity index (χ2v) is 5.01. The Balaban J connectivity index is 1.97. The van der Waals surface area contributed by atoms with Crippen LogP contribution in [0.2, 0.25) is 0 Å². The van der Waals surface area contributed by atoms with E-state index in [4.69, 9.17) is 0 Å². The van der Waals surface area contributed by atoms with Crippen LogP contribution in [0.4, 0.5) is 8.78 Å². The summed E-state index contributed by atoms with van der Waals surface area (Å²) in [7, 11) is 0. The SMILES string of the molecule is O=c1c(=O)n(-c2ccc(F)cc2)ccn1Cc1ccc(F)cc1. The molecule has 0 fully saturated rings. The Morgan fingerprint density at radius 3 is 1.91 bits per heavy atom. The van der Waals surface area contributed by atoms with Crippen LogP contribution in [0.5, 0.6) is 0 Å². The Hall–Kier alpha value is -3.02. The number of nitrogens with zero attached hydrogens (tertiary/aromatic N) is 2. The zero-order chi connectivity index (χ0) is 16.4. The molecule has 3 rings (SSSR count). The van der Waals surface area contributed by atoms with Gasteiger partial charge in [-0.05, 0) is 42.0 Å². The van der Waals surface area contributed by atoms with Gasteiger partial charge in [-0.15, -0.1) is 0 Å². The molecule has 0 radical (unpaired) electrons. The van der Waals surface area contributed by atoms with Gasteiger partial charge >= 0.3 is 11.1 Å². The van der Waals surface area contributed by atoms with Gasteiger partial charge < -0.3 is 4.57 Å². The fourth-order valence-electron chi connectivity index (χ4n) is 2.22. The maximum Gasteiger partial charge on any atom is 0.320 e. The summed E-state index contributed by atoms with van der Waals surface area (Å²) < 4.78 is 28.2. The third-order valence-electron chi connectivity index (χ3n) is 3.43. The first kappa shape index (κ1) is 14.9. The van der Waals surface area contributed by atoms with E-state index < -0.39 is 16.9 Å². The highest BCUT2D eigenvalue weighted by atomic mass is 19.1. The largest absolute Gasteiger partial charge is 0.320 e. The average Bonchev–Trinajstić information content (AvgIpc) is 2.55. The molecule has 3 aromatic rings. The summed E-state index contributed by atoms with van der Waals surface area (Å²) in [5.74, 6) is -0.792. The molecule has 1 aromatic heterocycles. The van der Waals surface area contributed by atoms with Crippen molar-refractivity contribution >= 4 is 0 Å². The lowest BCUT2D eigenvalue weighted by Crippen LogP contribution is -2.40. The van der Waals surface area contributed by atoms with Gasteiger partial charge in [-0.25, -0.2) is 8.78 Å². The Morgan fingerprint density at radius 2 is 1.30 bits per heavy atom. The maximum atomic E-state index is 12.9. The Morgan fingerprint density at radius 1 is 0.739 bits per heavy atom. The van der Waals surface area contributed by atoms with E-state index in [1.165, 1.54) is 53.4 Å². The predicted molar refractivity (Wildman–Crippen MR) is 81.8 cm³/mol. The number of rotatable bonds is 3. The minimum absolute atomic E-state index is 0.165. The van der Waals surface area contributed by atoms with Crippen LogP contribution in [0.1, 0.15) is 5.56 Å². The first-order chi connectivity index (χ1) is 11.0. The van der Waals surface area contributed by atoms with E-state index in [9.17, 15) is 18.4 Å². The number of hydrogen-bond acceptors (Lipinski definition) is 2. The lowest BCUT2D eigenvalue weighted by molar-refractivity contribution is 0.625. The number of halogens is 2. The van der Waals surface area contributed by atoms with E-state index in [1.807, 2.05) is 0 Å². The van der Waals surface area contributed by atoms with Crippen LogP contribution in [0.3, 0.4) is 0 Å². The number of hydrogen-bond donors (Lipinski definition) is 0. The Bertz CT molecular complexity index is 942. The zero-order valence-corrected chi connectivity index (χ0v) is 11.9. The summed E-state index contributed by atoms with van der Waals surface area (Å²) in [6.07, 6.45) is 2.91. The fraction of sp³-hybridized carbons (Fsp3) is 0.0588. The third-order valence-corrected chi connectivity index (χ3v) is 3.43. The van der Waals surface area contributed by atoms with Gasteiger partial charge in [0.25, 0.3) is 0 Å². The summed E-state index contributed by atoms with van der Waals surface area (Å²) in [5.41, 5.74) is -0.336. The van der Waals surface area contributed by atoms with E-state index in [-0.39, 0.29) is 12.4 Å². The summed E-state index contributed by atoms with van der Waals surface area (Å²) in [5, 5.41) is 0. The third kappa shape index (κ3) is 3.11. The number of benzene rings is 2. The second-order valence-electron chi connectivity index (χ2n) is 5.01. The summed E-state index contributed by atoms with van der Waals surface area (Å²) >= 11 is 0. The van der Waals surface area contributed by atoms with Crippen molar-refractivity contribution in [2.75, 3.05) is 0 Å². The van der Waals surface area contributed by atoms with Gasteiger partial charge in [0.1, 0.15) is 11.6 Å². The number of aromatic nitrogens is 2. The highest BCUT2D eigenvalue weighted by Crippen LogP contribution is 2.07. The molecule has 0 unspecified atom stereocenters. The molecule has 0 saturated carbocycles. The van der Waals surface area contributed by atoms with Gasteiger partial charge in [-0.2, -0.15) is 0 Å². The van der Waals surface area contributed by atoms with Crippen LogP contribution >= 0.6 is 0 Å². The van der Waals surface area contributed by atoms with E-state index in [0.29, 0.717) is 11.3 Å². The minimum atomic E-state index is -0.735. The van der Waals surface area contributed by atoms with Gasteiger partial charge in [0.05, 0.1) is 6.54 Å². The van der Waals surface area contributed by atoms with Crippen LogP contribution < -0.4 is 11.1 Å². The predicted octanol–water partition coefficient (Wildman–Crippen LogP) is 2.33. The van der Waals surface area contributed by atoms with E-state index >= 15 is 0 Å². The van der Waals surface area contributed by atoms with Crippen molar-refractivity contribution < 1.29 is 8.78 Å². The first-order valence-electron chi connectivity index (χ1n) is 6.87. The molecule has 0 spiro atoms. The topological polar surface area (TPSA) is 44.0 Å². The average molecular weight is 314 g/mol. The lowest BCUT2D eigenvalue weighted by atomic mass is 10.2. The molecule has 0 saturated heterocycles. The summed E-state index contributed by atoms with van der Waals surface area (Å²) in [6, 6.07) is 10.9. The van der Waals surface area contributed by atoms with Crippen LogP contribution in [-0.2, 0) is 6.54 Å². The van der Waals surface area contributed by atoms with E-state index in [2.05, 4.69) is 0 Å². The van der Waals surface area contributed by atoms with Crippen molar-refractivity contribution in [3.63, 3.8) is 0 Å². The molecule has 0 atom stereocenters. The standard InChI is InChI=1S/C17H12F2N2O2/c18-13-3-1-12(2-4-13)11-20-9-10-21(17(23)16(20)22)15-7-5-14(19)6-8-15/h1-10H,11H2. The van der Waals surface area contributed by atoms with Crippen molar-refractivity contribution in [2.45, 2.75) is 6.54 Å². The molecular formula is C17H12F2N2O2. The Labute approximate surface area is 129 Å². The highest BCUT2D eigenvalue weighted by molar-refractivity contribution is 5.31. The molecule has 0 amide bonds. The monoisotopic (exact) mass is 314 g/mol. The molecule has 0 aliphatic heterocycles. The van der Waals surface area contributed by atoms with Crippen molar-refractivity contribution in [2.24, 2.45) is 0 Å². The van der Waals surface area contributed by atoms with Crippen molar-refractivity contribution in [1.29, 1.82) is 0 Å². The van der Waals surface area contributed by atoms with Gasteiger partial charge in [-0.1, -0.05) is 12.1 Å². The van der Waals surface area contributed by atoms with Gasteiger partial charge in [0.15, 0.2) is 0 Å².